The molecule has 1 aromatic carbocycles. The molecule has 0 saturated heterocycles. The van der Waals surface area contributed by atoms with Crippen LogP contribution in [0.5, 0.6) is 0 Å². The first kappa shape index (κ1) is 21.3. The van der Waals surface area contributed by atoms with E-state index in [4.69, 9.17) is 28.2 Å². The van der Waals surface area contributed by atoms with Gasteiger partial charge in [0.05, 0.1) is 22.0 Å². The Labute approximate surface area is 179 Å². The van der Waals surface area contributed by atoms with Gasteiger partial charge in [-0.1, -0.05) is 49.5 Å². The van der Waals surface area contributed by atoms with E-state index in [-0.39, 0.29) is 5.56 Å². The summed E-state index contributed by atoms with van der Waals surface area (Å²) in [5.74, 6) is 1.23. The maximum atomic E-state index is 12.8. The van der Waals surface area contributed by atoms with Crippen LogP contribution in [0.1, 0.15) is 42.1 Å². The number of halogens is 2. The number of fused-ring (bicyclic) bond motifs is 1. The van der Waals surface area contributed by atoms with E-state index in [2.05, 4.69) is 30.7 Å². The van der Waals surface area contributed by atoms with Gasteiger partial charge in [0.25, 0.3) is 5.56 Å². The Morgan fingerprint density at radius 1 is 1.25 bits per heavy atom. The molecule has 0 saturated carbocycles. The molecule has 3 aromatic rings. The number of aromatic nitrogens is 2. The second-order valence-corrected chi connectivity index (χ2v) is 9.49. The first-order valence-corrected chi connectivity index (χ1v) is 11.0. The van der Waals surface area contributed by atoms with Gasteiger partial charge in [-0.05, 0) is 49.6 Å². The molecule has 4 nitrogen and oxygen atoms in total. The molecule has 0 fully saturated rings. The molecule has 150 valence electrons. The Morgan fingerprint density at radius 2 is 2.00 bits per heavy atom. The molecule has 3 rings (SSSR count). The molecule has 1 unspecified atom stereocenters. The molecule has 0 radical (unpaired) electrons. The van der Waals surface area contributed by atoms with Crippen molar-refractivity contribution < 1.29 is 0 Å². The first-order valence-electron chi connectivity index (χ1n) is 9.42. The standard InChI is InChI=1S/C21H25Cl2N3OS/c1-5-12(2)8-15-13(3)28-21-19(15)20(27)24-18(25-21)11-26(4)10-14-6-7-16(22)17(23)9-14/h6-7,9,12H,5,8,10-11H2,1-4H3,(H,24,25,27). The smallest absolute Gasteiger partial charge is 0.259 e. The maximum Gasteiger partial charge on any atom is 0.259 e. The van der Waals surface area contributed by atoms with Crippen molar-refractivity contribution in [3.8, 4) is 0 Å². The van der Waals surface area contributed by atoms with Gasteiger partial charge in [0.15, 0.2) is 0 Å². The van der Waals surface area contributed by atoms with Crippen LogP contribution in [0.25, 0.3) is 10.2 Å². The van der Waals surface area contributed by atoms with E-state index in [1.807, 2.05) is 19.2 Å². The molecule has 0 aliphatic rings. The van der Waals surface area contributed by atoms with Crippen LogP contribution in [0.3, 0.4) is 0 Å². The molecule has 0 aliphatic heterocycles. The number of benzene rings is 1. The van der Waals surface area contributed by atoms with Gasteiger partial charge in [0.1, 0.15) is 10.7 Å². The quantitative estimate of drug-likeness (QED) is 0.506. The minimum atomic E-state index is -0.0365. The van der Waals surface area contributed by atoms with Crippen LogP contribution < -0.4 is 5.56 Å². The average molecular weight is 438 g/mol. The van der Waals surface area contributed by atoms with Crippen molar-refractivity contribution in [3.05, 3.63) is 60.4 Å². The van der Waals surface area contributed by atoms with Crippen LogP contribution in [0.15, 0.2) is 23.0 Å². The van der Waals surface area contributed by atoms with Gasteiger partial charge in [-0.15, -0.1) is 11.3 Å². The highest BCUT2D eigenvalue weighted by Crippen LogP contribution is 2.29. The zero-order valence-corrected chi connectivity index (χ0v) is 18.9. The van der Waals surface area contributed by atoms with Crippen LogP contribution in [-0.2, 0) is 19.5 Å². The van der Waals surface area contributed by atoms with Gasteiger partial charge in [0.2, 0.25) is 0 Å². The molecular formula is C21H25Cl2N3OS. The summed E-state index contributed by atoms with van der Waals surface area (Å²) in [6, 6.07) is 5.62. The van der Waals surface area contributed by atoms with Crippen molar-refractivity contribution in [2.75, 3.05) is 7.05 Å². The second kappa shape index (κ2) is 8.95. The summed E-state index contributed by atoms with van der Waals surface area (Å²) in [6.45, 7) is 7.71. The number of thiophene rings is 1. The van der Waals surface area contributed by atoms with Crippen LogP contribution in [0, 0.1) is 12.8 Å². The van der Waals surface area contributed by atoms with E-state index in [0.29, 0.717) is 34.9 Å². The minimum absolute atomic E-state index is 0.0365. The van der Waals surface area contributed by atoms with Crippen molar-refractivity contribution in [1.82, 2.24) is 14.9 Å². The number of hydrogen-bond donors (Lipinski definition) is 1. The maximum absolute atomic E-state index is 12.8. The molecule has 1 N–H and O–H groups in total. The van der Waals surface area contributed by atoms with E-state index in [9.17, 15) is 4.79 Å². The molecule has 0 aliphatic carbocycles. The summed E-state index contributed by atoms with van der Waals surface area (Å²) in [5.41, 5.74) is 2.17. The summed E-state index contributed by atoms with van der Waals surface area (Å²) in [5, 5.41) is 1.85. The lowest BCUT2D eigenvalue weighted by Crippen LogP contribution is -2.22. The predicted octanol–water partition coefficient (Wildman–Crippen LogP) is 5.82. The van der Waals surface area contributed by atoms with Crippen LogP contribution >= 0.6 is 34.5 Å². The third-order valence-electron chi connectivity index (χ3n) is 5.02. The fourth-order valence-electron chi connectivity index (χ4n) is 3.29. The summed E-state index contributed by atoms with van der Waals surface area (Å²) >= 11 is 13.7. The third-order valence-corrected chi connectivity index (χ3v) is 6.80. The zero-order valence-electron chi connectivity index (χ0n) is 16.6. The Morgan fingerprint density at radius 3 is 2.68 bits per heavy atom. The number of aryl methyl sites for hydroxylation is 1. The number of rotatable bonds is 7. The van der Waals surface area contributed by atoms with E-state index >= 15 is 0 Å². The van der Waals surface area contributed by atoms with Gasteiger partial charge in [0, 0.05) is 11.4 Å². The van der Waals surface area contributed by atoms with Crippen molar-refractivity contribution in [2.24, 2.45) is 5.92 Å². The number of nitrogens with one attached hydrogen (secondary N) is 1. The Hall–Kier alpha value is -1.40. The summed E-state index contributed by atoms with van der Waals surface area (Å²) in [6.07, 6.45) is 2.02. The summed E-state index contributed by atoms with van der Waals surface area (Å²) in [4.78, 5) is 24.6. The van der Waals surface area contributed by atoms with Crippen molar-refractivity contribution >= 4 is 44.8 Å². The molecule has 7 heteroatoms. The second-order valence-electron chi connectivity index (χ2n) is 7.47. The number of aromatic amines is 1. The lowest BCUT2D eigenvalue weighted by molar-refractivity contribution is 0.311. The van der Waals surface area contributed by atoms with Crippen LogP contribution in [0.2, 0.25) is 10.0 Å². The third kappa shape index (κ3) is 4.77. The molecule has 0 spiro atoms. The minimum Gasteiger partial charge on any atom is -0.309 e. The lowest BCUT2D eigenvalue weighted by atomic mass is 9.98. The van der Waals surface area contributed by atoms with E-state index in [1.54, 1.807) is 17.4 Å². The fraction of sp³-hybridized carbons (Fsp3) is 0.429. The van der Waals surface area contributed by atoms with Crippen molar-refractivity contribution in [3.63, 3.8) is 0 Å². The van der Waals surface area contributed by atoms with Crippen molar-refractivity contribution in [1.29, 1.82) is 0 Å². The highest BCUT2D eigenvalue weighted by atomic mass is 35.5. The Bertz CT molecular complexity index is 1040. The molecule has 28 heavy (non-hydrogen) atoms. The zero-order chi connectivity index (χ0) is 20.4. The molecule has 2 aromatic heterocycles. The highest BCUT2D eigenvalue weighted by Gasteiger charge is 2.17. The highest BCUT2D eigenvalue weighted by molar-refractivity contribution is 7.18. The van der Waals surface area contributed by atoms with Crippen LogP contribution in [-0.4, -0.2) is 21.9 Å². The predicted molar refractivity (Wildman–Crippen MR) is 120 cm³/mol. The lowest BCUT2D eigenvalue weighted by Gasteiger charge is -2.16. The van der Waals surface area contributed by atoms with Gasteiger partial charge < -0.3 is 4.98 Å². The summed E-state index contributed by atoms with van der Waals surface area (Å²) in [7, 11) is 1.99. The Kier molecular flexibility index (Phi) is 6.81. The number of H-pyrrole nitrogens is 1. The van der Waals surface area contributed by atoms with Crippen LogP contribution in [0.4, 0.5) is 0 Å². The van der Waals surface area contributed by atoms with E-state index in [1.165, 1.54) is 4.88 Å². The number of hydrogen-bond acceptors (Lipinski definition) is 4. The van der Waals surface area contributed by atoms with E-state index < -0.39 is 0 Å². The van der Waals surface area contributed by atoms with Gasteiger partial charge in [-0.25, -0.2) is 4.98 Å². The molecule has 1 atom stereocenters. The summed E-state index contributed by atoms with van der Waals surface area (Å²) < 4.78 is 0. The van der Waals surface area contributed by atoms with Gasteiger partial charge >= 0.3 is 0 Å². The number of nitrogens with zero attached hydrogens (tertiary/aromatic N) is 2. The molecule has 0 bridgehead atoms. The molecule has 2 heterocycles. The largest absolute Gasteiger partial charge is 0.309 e. The van der Waals surface area contributed by atoms with E-state index in [0.717, 1.165) is 34.2 Å². The monoisotopic (exact) mass is 437 g/mol. The fourth-order valence-corrected chi connectivity index (χ4v) is 4.69. The van der Waals surface area contributed by atoms with Gasteiger partial charge in [-0.2, -0.15) is 0 Å². The average Bonchev–Trinajstić information content (AvgIpc) is 2.93. The molecule has 0 amide bonds. The topological polar surface area (TPSA) is 49.0 Å². The Balaban J connectivity index is 1.82. The molecular weight excluding hydrogens is 413 g/mol. The first-order chi connectivity index (χ1) is 13.3. The normalized spacial score (nSPS) is 12.8. The van der Waals surface area contributed by atoms with Gasteiger partial charge in [-0.3, -0.25) is 9.69 Å². The van der Waals surface area contributed by atoms with Crippen molar-refractivity contribution in [2.45, 2.75) is 46.7 Å². The SMILES string of the molecule is CCC(C)Cc1c(C)sc2nc(CN(C)Cc3ccc(Cl)c(Cl)c3)[nH]c(=O)c12.